The van der Waals surface area contributed by atoms with Gasteiger partial charge in [-0.1, -0.05) is 38.5 Å². The van der Waals surface area contributed by atoms with Gasteiger partial charge in [-0.3, -0.25) is 9.59 Å². The standard InChI is InChI=1S/C25H40N2O2S/c1-30-25-14-18-12-23(16-25,21(28)26-19-8-4-2-5-9-19)15-24(13-18,17-25)22(29)27-20-10-6-3-7-11-20/h18-20H,2-17H2,1H3,(H,26,28)(H,27,29). The van der Waals surface area contributed by atoms with Crippen LogP contribution in [0.15, 0.2) is 0 Å². The van der Waals surface area contributed by atoms with E-state index in [1.165, 1.54) is 44.9 Å². The van der Waals surface area contributed by atoms with Crippen molar-refractivity contribution in [3.63, 3.8) is 0 Å². The van der Waals surface area contributed by atoms with Crippen molar-refractivity contribution >= 4 is 23.6 Å². The van der Waals surface area contributed by atoms with E-state index in [0.717, 1.165) is 57.8 Å². The molecule has 4 nitrogen and oxygen atoms in total. The Morgan fingerprint density at radius 1 is 0.700 bits per heavy atom. The molecule has 6 saturated carbocycles. The summed E-state index contributed by atoms with van der Waals surface area (Å²) in [6.45, 7) is 0. The van der Waals surface area contributed by atoms with Crippen molar-refractivity contribution in [3.05, 3.63) is 0 Å². The van der Waals surface area contributed by atoms with Crippen LogP contribution in [-0.2, 0) is 9.59 Å². The van der Waals surface area contributed by atoms with Gasteiger partial charge in [0.1, 0.15) is 0 Å². The highest BCUT2D eigenvalue weighted by Crippen LogP contribution is 2.69. The van der Waals surface area contributed by atoms with Gasteiger partial charge in [-0.05, 0) is 76.4 Å². The SMILES string of the molecule is CSC12CC3CC(C(=O)NC4CCCCC4)(C1)CC(C(=O)NC1CCCCC1)(C3)C2. The highest BCUT2D eigenvalue weighted by atomic mass is 32.2. The van der Waals surface area contributed by atoms with Crippen LogP contribution in [0.25, 0.3) is 0 Å². The first-order chi connectivity index (χ1) is 14.5. The molecule has 6 aliphatic carbocycles. The van der Waals surface area contributed by atoms with Crippen LogP contribution in [0.2, 0.25) is 0 Å². The molecule has 168 valence electrons. The molecule has 0 aromatic heterocycles. The van der Waals surface area contributed by atoms with E-state index in [2.05, 4.69) is 16.9 Å². The van der Waals surface area contributed by atoms with Crippen molar-refractivity contribution in [1.29, 1.82) is 0 Å². The molecule has 6 aliphatic rings. The predicted molar refractivity (Wildman–Crippen MR) is 122 cm³/mol. The third kappa shape index (κ3) is 3.71. The van der Waals surface area contributed by atoms with E-state index in [1.54, 1.807) is 0 Å². The van der Waals surface area contributed by atoms with Crippen LogP contribution in [0.4, 0.5) is 0 Å². The molecule has 0 saturated heterocycles. The molecule has 0 aliphatic heterocycles. The lowest BCUT2D eigenvalue weighted by Crippen LogP contribution is -2.66. The number of nitrogens with one attached hydrogen (secondary N) is 2. The summed E-state index contributed by atoms with van der Waals surface area (Å²) in [7, 11) is 0. The number of amides is 2. The maximum Gasteiger partial charge on any atom is 0.226 e. The van der Waals surface area contributed by atoms with Crippen LogP contribution < -0.4 is 10.6 Å². The van der Waals surface area contributed by atoms with E-state index < -0.39 is 0 Å². The second-order valence-corrected chi connectivity index (χ2v) is 12.8. The van der Waals surface area contributed by atoms with Gasteiger partial charge < -0.3 is 10.6 Å². The third-order valence-corrected chi connectivity index (χ3v) is 10.6. The lowest BCUT2D eigenvalue weighted by Gasteiger charge is -2.65. The summed E-state index contributed by atoms with van der Waals surface area (Å²) in [4.78, 5) is 27.5. The minimum absolute atomic E-state index is 0.118. The number of hydrogen-bond acceptors (Lipinski definition) is 3. The first kappa shape index (κ1) is 21.2. The first-order valence-corrected chi connectivity index (χ1v) is 13.9. The largest absolute Gasteiger partial charge is 0.353 e. The normalized spacial score (nSPS) is 41.6. The molecular formula is C25H40N2O2S. The summed E-state index contributed by atoms with van der Waals surface area (Å²) < 4.78 is 0.118. The Balaban J connectivity index is 1.38. The van der Waals surface area contributed by atoms with Crippen molar-refractivity contribution < 1.29 is 9.59 Å². The van der Waals surface area contributed by atoms with Crippen LogP contribution in [0.5, 0.6) is 0 Å². The van der Waals surface area contributed by atoms with Crippen molar-refractivity contribution in [2.75, 3.05) is 6.26 Å². The Kier molecular flexibility index (Phi) is 5.65. The van der Waals surface area contributed by atoms with Crippen LogP contribution in [0, 0.1) is 16.7 Å². The second-order valence-electron chi connectivity index (χ2n) is 11.6. The molecule has 6 fully saturated rings. The summed E-state index contributed by atoms with van der Waals surface area (Å²) >= 11 is 1.95. The zero-order valence-corrected chi connectivity index (χ0v) is 19.6. The lowest BCUT2D eigenvalue weighted by molar-refractivity contribution is -0.165. The van der Waals surface area contributed by atoms with Gasteiger partial charge in [0.2, 0.25) is 11.8 Å². The Labute approximate surface area is 186 Å². The fraction of sp³-hybridized carbons (Fsp3) is 0.920. The van der Waals surface area contributed by atoms with E-state index in [1.807, 2.05) is 11.8 Å². The summed E-state index contributed by atoms with van der Waals surface area (Å²) in [5.74, 6) is 1.10. The number of rotatable bonds is 5. The molecule has 2 amide bonds. The Bertz CT molecular complexity index is 635. The van der Waals surface area contributed by atoms with Gasteiger partial charge in [0.15, 0.2) is 0 Å². The molecule has 4 bridgehead atoms. The fourth-order valence-corrected chi connectivity index (χ4v) is 9.50. The highest BCUT2D eigenvalue weighted by molar-refractivity contribution is 8.00. The van der Waals surface area contributed by atoms with Crippen molar-refractivity contribution in [1.82, 2.24) is 10.6 Å². The molecule has 0 aromatic rings. The van der Waals surface area contributed by atoms with E-state index in [4.69, 9.17) is 0 Å². The maximum atomic E-state index is 13.7. The minimum Gasteiger partial charge on any atom is -0.353 e. The number of thioether (sulfide) groups is 1. The third-order valence-electron chi connectivity index (χ3n) is 9.29. The molecule has 5 heteroatoms. The number of carbonyl (C=O) groups is 2. The van der Waals surface area contributed by atoms with Gasteiger partial charge >= 0.3 is 0 Å². The molecule has 0 spiro atoms. The Morgan fingerprint density at radius 2 is 1.17 bits per heavy atom. The topological polar surface area (TPSA) is 58.2 Å². The van der Waals surface area contributed by atoms with E-state index in [9.17, 15) is 9.59 Å². The quantitative estimate of drug-likeness (QED) is 0.646. The molecule has 0 aromatic carbocycles. The van der Waals surface area contributed by atoms with Crippen LogP contribution in [-0.4, -0.2) is 34.9 Å². The van der Waals surface area contributed by atoms with Gasteiger partial charge in [-0.25, -0.2) is 0 Å². The summed E-state index contributed by atoms with van der Waals surface area (Å²) in [5.41, 5.74) is -0.631. The first-order valence-electron chi connectivity index (χ1n) is 12.6. The molecule has 2 N–H and O–H groups in total. The average molecular weight is 433 g/mol. The summed E-state index contributed by atoms with van der Waals surface area (Å²) in [5, 5.41) is 6.95. The smallest absolute Gasteiger partial charge is 0.226 e. The lowest BCUT2D eigenvalue weighted by atomic mass is 9.43. The fourth-order valence-electron chi connectivity index (χ4n) is 8.25. The zero-order chi connectivity index (χ0) is 20.8. The van der Waals surface area contributed by atoms with Gasteiger partial charge in [0.05, 0.1) is 10.8 Å². The van der Waals surface area contributed by atoms with Gasteiger partial charge in [-0.2, -0.15) is 11.8 Å². The average Bonchev–Trinajstić information content (AvgIpc) is 2.74. The molecule has 2 atom stereocenters. The van der Waals surface area contributed by atoms with Gasteiger partial charge in [-0.15, -0.1) is 0 Å². The highest BCUT2D eigenvalue weighted by Gasteiger charge is 2.67. The van der Waals surface area contributed by atoms with Gasteiger partial charge in [0, 0.05) is 16.8 Å². The van der Waals surface area contributed by atoms with Gasteiger partial charge in [0.25, 0.3) is 0 Å². The minimum atomic E-state index is -0.316. The van der Waals surface area contributed by atoms with Crippen molar-refractivity contribution in [2.45, 2.75) is 120 Å². The van der Waals surface area contributed by atoms with Crippen molar-refractivity contribution in [3.8, 4) is 0 Å². The van der Waals surface area contributed by atoms with E-state index in [0.29, 0.717) is 18.0 Å². The molecule has 30 heavy (non-hydrogen) atoms. The van der Waals surface area contributed by atoms with Crippen molar-refractivity contribution in [2.24, 2.45) is 16.7 Å². The second kappa shape index (κ2) is 8.01. The number of carbonyl (C=O) groups excluding carboxylic acids is 2. The molecule has 0 radical (unpaired) electrons. The molecule has 2 unspecified atom stereocenters. The number of hydrogen-bond donors (Lipinski definition) is 2. The van der Waals surface area contributed by atoms with E-state index in [-0.39, 0.29) is 27.4 Å². The molecule has 6 rings (SSSR count). The monoisotopic (exact) mass is 432 g/mol. The van der Waals surface area contributed by atoms with Crippen LogP contribution in [0.3, 0.4) is 0 Å². The molecule has 0 heterocycles. The molecular weight excluding hydrogens is 392 g/mol. The van der Waals surface area contributed by atoms with Crippen LogP contribution >= 0.6 is 11.8 Å². The predicted octanol–water partition coefficient (Wildman–Crippen LogP) is 4.96. The summed E-state index contributed by atoms with van der Waals surface area (Å²) in [6.07, 6.45) is 20.3. The maximum absolute atomic E-state index is 13.7. The Hall–Kier alpha value is -0.710. The zero-order valence-electron chi connectivity index (χ0n) is 18.8. The Morgan fingerprint density at radius 3 is 1.60 bits per heavy atom. The van der Waals surface area contributed by atoms with E-state index >= 15 is 0 Å². The van der Waals surface area contributed by atoms with Crippen LogP contribution in [0.1, 0.15) is 103 Å². The summed E-state index contributed by atoms with van der Waals surface area (Å²) in [6, 6.07) is 0.716.